The highest BCUT2D eigenvalue weighted by Crippen LogP contribution is 2.35. The first kappa shape index (κ1) is 13.2. The average molecular weight is 270 g/mol. The Bertz CT molecular complexity index is 448. The second-order valence-corrected chi connectivity index (χ2v) is 5.12. The van der Waals surface area contributed by atoms with Crippen molar-refractivity contribution >= 4 is 16.9 Å². The zero-order chi connectivity index (χ0) is 13.1. The van der Waals surface area contributed by atoms with Crippen molar-refractivity contribution < 1.29 is 24.5 Å². The molecule has 2 atom stereocenters. The quantitative estimate of drug-likeness (QED) is 0.853. The van der Waals surface area contributed by atoms with E-state index in [0.717, 1.165) is 11.8 Å². The fourth-order valence-electron chi connectivity index (χ4n) is 1.61. The Kier molecular flexibility index (Phi) is 4.11. The van der Waals surface area contributed by atoms with Gasteiger partial charge in [0.1, 0.15) is 6.10 Å². The summed E-state index contributed by atoms with van der Waals surface area (Å²) < 4.78 is 10.4. The second-order valence-electron chi connectivity index (χ2n) is 3.93. The summed E-state index contributed by atoms with van der Waals surface area (Å²) in [5.74, 6) is 1.34. The minimum atomic E-state index is -1.05. The molecule has 5 nitrogen and oxygen atoms in total. The van der Waals surface area contributed by atoms with E-state index in [1.54, 1.807) is 18.2 Å². The van der Waals surface area contributed by atoms with Crippen LogP contribution >= 0.6 is 11.8 Å². The van der Waals surface area contributed by atoms with E-state index in [1.165, 1.54) is 6.92 Å². The van der Waals surface area contributed by atoms with Crippen molar-refractivity contribution in [2.75, 3.05) is 12.5 Å². The van der Waals surface area contributed by atoms with Crippen LogP contribution in [0.25, 0.3) is 0 Å². The predicted molar refractivity (Wildman–Crippen MR) is 66.7 cm³/mol. The van der Waals surface area contributed by atoms with E-state index in [4.69, 9.17) is 9.47 Å². The molecule has 2 N–H and O–H groups in total. The molecular formula is C12H14O5S. The average Bonchev–Trinajstić information content (AvgIpc) is 2.81. The van der Waals surface area contributed by atoms with E-state index in [1.807, 2.05) is 0 Å². The molecule has 0 aromatic heterocycles. The molecule has 0 saturated heterocycles. The fourth-order valence-corrected chi connectivity index (χ4v) is 2.20. The zero-order valence-electron chi connectivity index (χ0n) is 9.83. The van der Waals surface area contributed by atoms with Gasteiger partial charge in [-0.15, -0.1) is 0 Å². The Morgan fingerprint density at radius 3 is 2.83 bits per heavy atom. The van der Waals surface area contributed by atoms with Crippen molar-refractivity contribution in [1.82, 2.24) is 0 Å². The van der Waals surface area contributed by atoms with Crippen LogP contribution in [0, 0.1) is 0 Å². The van der Waals surface area contributed by atoms with E-state index < -0.39 is 12.2 Å². The maximum absolute atomic E-state index is 10.8. The highest BCUT2D eigenvalue weighted by atomic mass is 32.2. The number of rotatable bonds is 4. The van der Waals surface area contributed by atoms with E-state index in [0.29, 0.717) is 17.1 Å². The maximum atomic E-state index is 10.8. The van der Waals surface area contributed by atoms with Gasteiger partial charge in [-0.2, -0.15) is 0 Å². The summed E-state index contributed by atoms with van der Waals surface area (Å²) in [5, 5.41) is 19.6. The summed E-state index contributed by atoms with van der Waals surface area (Å²) in [7, 11) is 0. The van der Waals surface area contributed by atoms with Gasteiger partial charge in [0.25, 0.3) is 0 Å². The molecule has 1 aromatic carbocycles. The van der Waals surface area contributed by atoms with Gasteiger partial charge in [0.15, 0.2) is 16.6 Å². The SMILES string of the molecule is CC(=O)SCC(O)C(O)c1ccc2c(c1)OCO2. The van der Waals surface area contributed by atoms with E-state index in [2.05, 4.69) is 0 Å². The molecule has 0 radical (unpaired) electrons. The minimum Gasteiger partial charge on any atom is -0.454 e. The molecule has 0 bridgehead atoms. The molecule has 1 heterocycles. The summed E-state index contributed by atoms with van der Waals surface area (Å²) in [6, 6.07) is 4.99. The van der Waals surface area contributed by atoms with Crippen LogP contribution in [0.5, 0.6) is 11.5 Å². The zero-order valence-corrected chi connectivity index (χ0v) is 10.6. The van der Waals surface area contributed by atoms with Crippen LogP contribution in [-0.2, 0) is 4.79 Å². The number of aliphatic hydroxyl groups excluding tert-OH is 2. The molecule has 0 fully saturated rings. The minimum absolute atomic E-state index is 0.0908. The highest BCUT2D eigenvalue weighted by Gasteiger charge is 2.22. The first-order valence-corrected chi connectivity index (χ1v) is 6.45. The number of carbonyl (C=O) groups excluding carboxylic acids is 1. The lowest BCUT2D eigenvalue weighted by atomic mass is 10.0. The lowest BCUT2D eigenvalue weighted by Crippen LogP contribution is -2.21. The number of thioether (sulfide) groups is 1. The number of ether oxygens (including phenoxy) is 2. The lowest BCUT2D eigenvalue weighted by Gasteiger charge is -2.17. The summed E-state index contributed by atoms with van der Waals surface area (Å²) in [5.41, 5.74) is 0.538. The number of benzene rings is 1. The van der Waals surface area contributed by atoms with Gasteiger partial charge in [0.2, 0.25) is 6.79 Å². The normalized spacial score (nSPS) is 16.4. The Balaban J connectivity index is 2.04. The lowest BCUT2D eigenvalue weighted by molar-refractivity contribution is -0.109. The largest absolute Gasteiger partial charge is 0.454 e. The molecule has 1 aliphatic rings. The molecule has 2 unspecified atom stereocenters. The number of fused-ring (bicyclic) bond motifs is 1. The second kappa shape index (κ2) is 5.60. The summed E-state index contributed by atoms with van der Waals surface area (Å²) >= 11 is 0.983. The standard InChI is InChI=1S/C12H14O5S/c1-7(13)18-5-9(14)12(15)8-2-3-10-11(4-8)17-6-16-10/h2-4,9,12,14-15H,5-6H2,1H3. The Hall–Kier alpha value is -1.24. The number of carbonyl (C=O) groups is 1. The van der Waals surface area contributed by atoms with Crippen LogP contribution in [0.15, 0.2) is 18.2 Å². The third-order valence-corrected chi connectivity index (χ3v) is 3.47. The molecular weight excluding hydrogens is 256 g/mol. The Morgan fingerprint density at radius 1 is 1.39 bits per heavy atom. The van der Waals surface area contributed by atoms with Gasteiger partial charge in [0.05, 0.1) is 6.10 Å². The molecule has 6 heteroatoms. The van der Waals surface area contributed by atoms with Gasteiger partial charge < -0.3 is 19.7 Å². The Morgan fingerprint density at radius 2 is 2.11 bits per heavy atom. The first-order chi connectivity index (χ1) is 8.58. The monoisotopic (exact) mass is 270 g/mol. The molecule has 0 saturated carbocycles. The van der Waals surface area contributed by atoms with Crippen LogP contribution in [0.4, 0.5) is 0 Å². The van der Waals surface area contributed by atoms with Crippen molar-refractivity contribution in [3.63, 3.8) is 0 Å². The first-order valence-electron chi connectivity index (χ1n) is 5.47. The molecule has 1 aliphatic heterocycles. The van der Waals surface area contributed by atoms with Crippen molar-refractivity contribution in [2.24, 2.45) is 0 Å². The van der Waals surface area contributed by atoms with Gasteiger partial charge in [-0.1, -0.05) is 17.8 Å². The molecule has 18 heavy (non-hydrogen) atoms. The van der Waals surface area contributed by atoms with E-state index >= 15 is 0 Å². The van der Waals surface area contributed by atoms with Crippen LogP contribution in [-0.4, -0.2) is 34.0 Å². The topological polar surface area (TPSA) is 76.0 Å². The van der Waals surface area contributed by atoms with E-state index in [-0.39, 0.29) is 17.7 Å². The third kappa shape index (κ3) is 2.95. The van der Waals surface area contributed by atoms with Crippen LogP contribution in [0.2, 0.25) is 0 Å². The molecule has 0 amide bonds. The highest BCUT2D eigenvalue weighted by molar-refractivity contribution is 8.13. The number of hydrogen-bond donors (Lipinski definition) is 2. The summed E-state index contributed by atoms with van der Waals surface area (Å²) in [6.45, 7) is 1.59. The summed E-state index contributed by atoms with van der Waals surface area (Å²) in [4.78, 5) is 10.8. The van der Waals surface area contributed by atoms with Crippen molar-refractivity contribution in [1.29, 1.82) is 0 Å². The van der Waals surface area contributed by atoms with E-state index in [9.17, 15) is 15.0 Å². The molecule has 1 aromatic rings. The number of hydrogen-bond acceptors (Lipinski definition) is 6. The van der Waals surface area contributed by atoms with Gasteiger partial charge in [-0.25, -0.2) is 0 Å². The molecule has 0 aliphatic carbocycles. The van der Waals surface area contributed by atoms with Crippen molar-refractivity contribution in [2.45, 2.75) is 19.1 Å². The van der Waals surface area contributed by atoms with Crippen molar-refractivity contribution in [3.05, 3.63) is 23.8 Å². The van der Waals surface area contributed by atoms with Crippen LogP contribution in [0.1, 0.15) is 18.6 Å². The van der Waals surface area contributed by atoms with Crippen molar-refractivity contribution in [3.8, 4) is 11.5 Å². The fraction of sp³-hybridized carbons (Fsp3) is 0.417. The maximum Gasteiger partial charge on any atom is 0.231 e. The number of aliphatic hydroxyl groups is 2. The van der Waals surface area contributed by atoms with Gasteiger partial charge in [-0.05, 0) is 17.7 Å². The van der Waals surface area contributed by atoms with Gasteiger partial charge in [0, 0.05) is 12.7 Å². The third-order valence-electron chi connectivity index (χ3n) is 2.56. The van der Waals surface area contributed by atoms with Gasteiger partial charge >= 0.3 is 0 Å². The molecule has 0 spiro atoms. The smallest absolute Gasteiger partial charge is 0.231 e. The molecule has 2 rings (SSSR count). The van der Waals surface area contributed by atoms with Crippen LogP contribution in [0.3, 0.4) is 0 Å². The molecule has 98 valence electrons. The predicted octanol–water partition coefficient (Wildman–Crippen LogP) is 1.09. The van der Waals surface area contributed by atoms with Gasteiger partial charge in [-0.3, -0.25) is 4.79 Å². The van der Waals surface area contributed by atoms with Crippen LogP contribution < -0.4 is 9.47 Å². The summed E-state index contributed by atoms with van der Waals surface area (Å²) in [6.07, 6.45) is -2.05. The Labute approximate surface area is 109 Å².